The molecule has 0 saturated carbocycles. The lowest BCUT2D eigenvalue weighted by Gasteiger charge is -2.22. The molecule has 7 rings (SSSR count). The fraction of sp³-hybridized carbons (Fsp3) is 0.0286. The van der Waals surface area contributed by atoms with Gasteiger partial charge in [0.25, 0.3) is 0 Å². The zero-order valence-corrected chi connectivity index (χ0v) is 21.9. The summed E-state index contributed by atoms with van der Waals surface area (Å²) >= 11 is 0. The topological polar surface area (TPSA) is 92.3 Å². The molecule has 6 nitrogen and oxygen atoms in total. The van der Waals surface area contributed by atoms with Crippen LogP contribution < -0.4 is 10.6 Å². The van der Waals surface area contributed by atoms with Gasteiger partial charge in [0.1, 0.15) is 0 Å². The van der Waals surface area contributed by atoms with Crippen molar-refractivity contribution in [2.24, 2.45) is 0 Å². The van der Waals surface area contributed by atoms with Gasteiger partial charge in [-0.05, 0) is 36.8 Å². The van der Waals surface area contributed by atoms with Crippen molar-refractivity contribution in [3.63, 3.8) is 0 Å². The van der Waals surface area contributed by atoms with Crippen LogP contribution >= 0.6 is 0 Å². The Morgan fingerprint density at radius 3 is 1.37 bits per heavy atom. The number of ketones is 4. The Kier molecular flexibility index (Phi) is 5.51. The third kappa shape index (κ3) is 3.80. The molecule has 0 bridgehead atoms. The van der Waals surface area contributed by atoms with Crippen LogP contribution in [0.15, 0.2) is 103 Å². The summed E-state index contributed by atoms with van der Waals surface area (Å²) in [5.41, 5.74) is 6.39. The molecule has 2 N–H and O–H groups in total. The lowest BCUT2D eigenvalue weighted by Crippen LogP contribution is -2.22. The number of benzene rings is 5. The van der Waals surface area contributed by atoms with Gasteiger partial charge in [-0.3, -0.25) is 19.2 Å². The van der Waals surface area contributed by atoms with E-state index in [0.29, 0.717) is 61.6 Å². The molecular weight excluding hydrogens is 512 g/mol. The first-order chi connectivity index (χ1) is 19.9. The van der Waals surface area contributed by atoms with Crippen molar-refractivity contribution in [2.45, 2.75) is 6.92 Å². The summed E-state index contributed by atoms with van der Waals surface area (Å²) < 4.78 is 0. The number of fused-ring (bicyclic) bond motifs is 4. The molecule has 0 fully saturated rings. The van der Waals surface area contributed by atoms with Crippen LogP contribution in [0.1, 0.15) is 69.2 Å². The van der Waals surface area contributed by atoms with Gasteiger partial charge in [-0.1, -0.05) is 78.9 Å². The van der Waals surface area contributed by atoms with Gasteiger partial charge in [-0.2, -0.15) is 0 Å². The van der Waals surface area contributed by atoms with Crippen molar-refractivity contribution in [2.75, 3.05) is 10.6 Å². The van der Waals surface area contributed by atoms with Crippen LogP contribution in [0.4, 0.5) is 22.7 Å². The third-order valence-corrected chi connectivity index (χ3v) is 7.69. The molecule has 196 valence electrons. The van der Waals surface area contributed by atoms with Gasteiger partial charge in [0.05, 0.1) is 22.5 Å². The fourth-order valence-corrected chi connectivity index (χ4v) is 5.63. The molecule has 0 radical (unpaired) electrons. The highest BCUT2D eigenvalue weighted by Gasteiger charge is 2.32. The van der Waals surface area contributed by atoms with E-state index < -0.39 is 0 Å². The number of carbonyl (C=O) groups is 4. The van der Waals surface area contributed by atoms with E-state index in [1.807, 2.05) is 25.1 Å². The predicted octanol–water partition coefficient (Wildman–Crippen LogP) is 7.03. The average Bonchev–Trinajstić information content (AvgIpc) is 3.00. The Labute approximate surface area is 235 Å². The smallest absolute Gasteiger partial charge is 0.196 e. The second-order valence-electron chi connectivity index (χ2n) is 10.1. The standard InChI is InChI=1S/C35H22N2O4/c1-19-16-17-20(36-27-14-6-12-25-30(27)34(40)23-10-4-2-8-21(23)32(25)38)18-29(19)37-28-15-7-13-26-31(28)35(41)24-11-5-3-9-22(24)33(26)39/h2-18,36-37H,1H3. The molecule has 0 saturated heterocycles. The normalized spacial score (nSPS) is 13.2. The maximum Gasteiger partial charge on any atom is 0.196 e. The van der Waals surface area contributed by atoms with E-state index in [1.54, 1.807) is 84.9 Å². The Bertz CT molecular complexity index is 1990. The molecule has 0 unspecified atom stereocenters. The van der Waals surface area contributed by atoms with E-state index in [2.05, 4.69) is 10.6 Å². The maximum atomic E-state index is 13.5. The van der Waals surface area contributed by atoms with Crippen molar-refractivity contribution in [1.82, 2.24) is 0 Å². The third-order valence-electron chi connectivity index (χ3n) is 7.69. The summed E-state index contributed by atoms with van der Waals surface area (Å²) in [6, 6.07) is 29.8. The first-order valence-electron chi connectivity index (χ1n) is 13.2. The van der Waals surface area contributed by atoms with E-state index in [0.717, 1.165) is 11.3 Å². The van der Waals surface area contributed by atoms with Crippen LogP contribution in [-0.4, -0.2) is 23.1 Å². The number of rotatable bonds is 4. The van der Waals surface area contributed by atoms with Crippen LogP contribution in [0.3, 0.4) is 0 Å². The number of hydrogen-bond donors (Lipinski definition) is 2. The minimum Gasteiger partial charge on any atom is -0.355 e. The Morgan fingerprint density at radius 1 is 0.415 bits per heavy atom. The summed E-state index contributed by atoms with van der Waals surface area (Å²) in [6.45, 7) is 1.94. The number of anilines is 4. The lowest BCUT2D eigenvalue weighted by molar-refractivity contribution is 0.0979. The highest BCUT2D eigenvalue weighted by molar-refractivity contribution is 6.31. The second-order valence-corrected chi connectivity index (χ2v) is 10.1. The fourth-order valence-electron chi connectivity index (χ4n) is 5.63. The van der Waals surface area contributed by atoms with Crippen LogP contribution in [0.5, 0.6) is 0 Å². The molecule has 0 aromatic heterocycles. The van der Waals surface area contributed by atoms with Gasteiger partial charge in [-0.15, -0.1) is 0 Å². The van der Waals surface area contributed by atoms with Crippen LogP contribution in [0.2, 0.25) is 0 Å². The van der Waals surface area contributed by atoms with Gasteiger partial charge < -0.3 is 10.6 Å². The lowest BCUT2D eigenvalue weighted by atomic mass is 9.83. The summed E-state index contributed by atoms with van der Waals surface area (Å²) in [4.78, 5) is 53.3. The average molecular weight is 535 g/mol. The van der Waals surface area contributed by atoms with Crippen molar-refractivity contribution < 1.29 is 19.2 Å². The minimum absolute atomic E-state index is 0.180. The van der Waals surface area contributed by atoms with Gasteiger partial charge in [0.2, 0.25) is 0 Å². The monoisotopic (exact) mass is 534 g/mol. The minimum atomic E-state index is -0.205. The molecule has 0 amide bonds. The number of nitrogens with one attached hydrogen (secondary N) is 2. The molecule has 5 aromatic carbocycles. The Hall–Kier alpha value is -5.62. The zero-order valence-electron chi connectivity index (χ0n) is 21.9. The van der Waals surface area contributed by atoms with Crippen LogP contribution in [0.25, 0.3) is 0 Å². The van der Waals surface area contributed by atoms with Crippen molar-refractivity contribution in [1.29, 1.82) is 0 Å². The van der Waals surface area contributed by atoms with Gasteiger partial charge >= 0.3 is 0 Å². The van der Waals surface area contributed by atoms with Gasteiger partial charge in [-0.25, -0.2) is 0 Å². The maximum absolute atomic E-state index is 13.5. The van der Waals surface area contributed by atoms with Gasteiger partial charge in [0.15, 0.2) is 23.1 Å². The van der Waals surface area contributed by atoms with E-state index >= 15 is 0 Å². The largest absolute Gasteiger partial charge is 0.355 e. The zero-order chi connectivity index (χ0) is 28.2. The first kappa shape index (κ1) is 24.4. The summed E-state index contributed by atoms with van der Waals surface area (Å²) in [7, 11) is 0. The molecule has 6 heteroatoms. The summed E-state index contributed by atoms with van der Waals surface area (Å²) in [5, 5.41) is 6.69. The molecule has 2 aliphatic rings. The number of hydrogen-bond acceptors (Lipinski definition) is 6. The molecule has 5 aromatic rings. The molecule has 0 aliphatic heterocycles. The molecule has 0 heterocycles. The molecule has 0 atom stereocenters. The van der Waals surface area contributed by atoms with Crippen molar-refractivity contribution in [3.05, 3.63) is 153 Å². The van der Waals surface area contributed by atoms with E-state index in [1.165, 1.54) is 0 Å². The molecule has 2 aliphatic carbocycles. The van der Waals surface area contributed by atoms with E-state index in [9.17, 15) is 19.2 Å². The molecule has 41 heavy (non-hydrogen) atoms. The predicted molar refractivity (Wildman–Crippen MR) is 157 cm³/mol. The second kappa shape index (κ2) is 9.24. The van der Waals surface area contributed by atoms with Gasteiger partial charge in [0, 0.05) is 44.8 Å². The number of carbonyl (C=O) groups excluding carboxylic acids is 4. The van der Waals surface area contributed by atoms with Crippen LogP contribution in [-0.2, 0) is 0 Å². The van der Waals surface area contributed by atoms with Crippen LogP contribution in [0, 0.1) is 6.92 Å². The molecular formula is C35H22N2O4. The van der Waals surface area contributed by atoms with E-state index in [4.69, 9.17) is 0 Å². The van der Waals surface area contributed by atoms with Crippen molar-refractivity contribution in [3.8, 4) is 0 Å². The highest BCUT2D eigenvalue weighted by Crippen LogP contribution is 2.36. The molecule has 0 spiro atoms. The SMILES string of the molecule is Cc1ccc(Nc2cccc3c2C(=O)c2ccccc2C3=O)cc1Nc1cccc2c1C(=O)c1ccccc1C2=O. The highest BCUT2D eigenvalue weighted by atomic mass is 16.1. The Balaban J connectivity index is 1.25. The van der Waals surface area contributed by atoms with Crippen molar-refractivity contribution >= 4 is 45.9 Å². The summed E-state index contributed by atoms with van der Waals surface area (Å²) in [5.74, 6) is -0.770. The first-order valence-corrected chi connectivity index (χ1v) is 13.2. The number of aryl methyl sites for hydroxylation is 1. The quantitative estimate of drug-likeness (QED) is 0.252. The van der Waals surface area contributed by atoms with E-state index in [-0.39, 0.29) is 23.1 Å². The Morgan fingerprint density at radius 2 is 0.854 bits per heavy atom. The summed E-state index contributed by atoms with van der Waals surface area (Å²) in [6.07, 6.45) is 0.